The van der Waals surface area contributed by atoms with Gasteiger partial charge in [-0.3, -0.25) is 0 Å². The molecule has 1 aromatic carbocycles. The second kappa shape index (κ2) is 3.65. The molecule has 2 N–H and O–H groups in total. The van der Waals surface area contributed by atoms with Crippen LogP contribution in [0, 0.1) is 0 Å². The molecule has 0 radical (unpaired) electrons. The first-order valence-electron chi connectivity index (χ1n) is 5.94. The minimum Gasteiger partial charge on any atom is -0.454 e. The molecule has 0 bridgehead atoms. The second-order valence-corrected chi connectivity index (χ2v) is 4.42. The van der Waals surface area contributed by atoms with E-state index >= 15 is 0 Å². The van der Waals surface area contributed by atoms with Crippen molar-refractivity contribution in [3.63, 3.8) is 0 Å². The van der Waals surface area contributed by atoms with Crippen LogP contribution in [0.2, 0.25) is 0 Å². The van der Waals surface area contributed by atoms with Gasteiger partial charge < -0.3 is 19.6 Å². The number of aromatic nitrogens is 2. The molecule has 94 valence electrons. The normalized spacial score (nSPS) is 13.1. The molecule has 0 fully saturated rings. The molecule has 1 aliphatic rings. The maximum Gasteiger partial charge on any atom is 0.231 e. The molecule has 1 aliphatic heterocycles. The van der Waals surface area contributed by atoms with Crippen LogP contribution in [0.5, 0.6) is 11.5 Å². The van der Waals surface area contributed by atoms with Crippen molar-refractivity contribution in [3.05, 3.63) is 42.7 Å². The molecule has 4 rings (SSSR count). The number of fused-ring (bicyclic) bond motifs is 2. The fourth-order valence-corrected chi connectivity index (χ4v) is 2.20. The van der Waals surface area contributed by atoms with Gasteiger partial charge in [0.15, 0.2) is 11.5 Å². The molecule has 5 nitrogen and oxygen atoms in total. The first-order chi connectivity index (χ1) is 9.29. The van der Waals surface area contributed by atoms with Gasteiger partial charge >= 0.3 is 0 Å². The van der Waals surface area contributed by atoms with Crippen LogP contribution in [0.1, 0.15) is 0 Å². The van der Waals surface area contributed by atoms with Gasteiger partial charge in [0, 0.05) is 23.6 Å². The van der Waals surface area contributed by atoms with E-state index in [0.717, 1.165) is 28.4 Å². The van der Waals surface area contributed by atoms with Crippen LogP contribution in [0.25, 0.3) is 16.9 Å². The number of hydrogen-bond acceptors (Lipinski definition) is 4. The molecule has 3 heterocycles. The Balaban J connectivity index is 1.85. The number of pyridine rings is 1. The Labute approximate surface area is 109 Å². The first-order valence-corrected chi connectivity index (χ1v) is 5.94. The second-order valence-electron chi connectivity index (χ2n) is 4.42. The minimum absolute atomic E-state index is 0.278. The highest BCUT2D eigenvalue weighted by Crippen LogP contribution is 2.35. The smallest absolute Gasteiger partial charge is 0.231 e. The van der Waals surface area contributed by atoms with Gasteiger partial charge in [-0.05, 0) is 30.3 Å². The fourth-order valence-electron chi connectivity index (χ4n) is 2.20. The Bertz CT molecular complexity index is 779. The third-order valence-corrected chi connectivity index (χ3v) is 3.14. The van der Waals surface area contributed by atoms with Gasteiger partial charge in [-0.2, -0.15) is 0 Å². The molecule has 0 saturated carbocycles. The van der Waals surface area contributed by atoms with E-state index in [9.17, 15) is 0 Å². The van der Waals surface area contributed by atoms with E-state index in [-0.39, 0.29) is 6.79 Å². The molecule has 0 spiro atoms. The van der Waals surface area contributed by atoms with Crippen LogP contribution in [-0.2, 0) is 0 Å². The molecule has 19 heavy (non-hydrogen) atoms. The average Bonchev–Trinajstić information content (AvgIpc) is 3.02. The zero-order chi connectivity index (χ0) is 12.8. The zero-order valence-corrected chi connectivity index (χ0v) is 10.0. The van der Waals surface area contributed by atoms with Gasteiger partial charge in [-0.15, -0.1) is 0 Å². The van der Waals surface area contributed by atoms with E-state index < -0.39 is 0 Å². The SMILES string of the molecule is Nc1ccc2nc(-c3ccc4c(c3)OCO4)cn2c1. The van der Waals surface area contributed by atoms with Crippen LogP contribution in [0.4, 0.5) is 5.69 Å². The summed E-state index contributed by atoms with van der Waals surface area (Å²) < 4.78 is 12.6. The van der Waals surface area contributed by atoms with Crippen molar-refractivity contribution in [1.82, 2.24) is 9.38 Å². The van der Waals surface area contributed by atoms with Crippen molar-refractivity contribution in [3.8, 4) is 22.8 Å². The van der Waals surface area contributed by atoms with Gasteiger partial charge in [0.25, 0.3) is 0 Å². The summed E-state index contributed by atoms with van der Waals surface area (Å²) in [6.07, 6.45) is 3.79. The van der Waals surface area contributed by atoms with E-state index in [0.29, 0.717) is 5.69 Å². The summed E-state index contributed by atoms with van der Waals surface area (Å²) >= 11 is 0. The van der Waals surface area contributed by atoms with E-state index in [2.05, 4.69) is 4.98 Å². The molecule has 0 unspecified atom stereocenters. The number of nitrogens with zero attached hydrogens (tertiary/aromatic N) is 2. The van der Waals surface area contributed by atoms with Gasteiger partial charge in [0.2, 0.25) is 6.79 Å². The zero-order valence-electron chi connectivity index (χ0n) is 10.0. The number of benzene rings is 1. The number of nitrogens with two attached hydrogens (primary N) is 1. The molecule has 5 heteroatoms. The Hall–Kier alpha value is -2.69. The third kappa shape index (κ3) is 1.59. The third-order valence-electron chi connectivity index (χ3n) is 3.14. The maximum absolute atomic E-state index is 5.76. The van der Waals surface area contributed by atoms with Crippen molar-refractivity contribution in [2.45, 2.75) is 0 Å². The molecular weight excluding hydrogens is 242 g/mol. The predicted molar refractivity (Wildman–Crippen MR) is 71.2 cm³/mol. The Morgan fingerprint density at radius 2 is 1.95 bits per heavy atom. The number of nitrogen functional groups attached to an aromatic ring is 1. The van der Waals surface area contributed by atoms with Gasteiger partial charge in [0.05, 0.1) is 5.69 Å². The monoisotopic (exact) mass is 253 g/mol. The summed E-state index contributed by atoms with van der Waals surface area (Å²) in [5.41, 5.74) is 9.20. The first kappa shape index (κ1) is 10.3. The summed E-state index contributed by atoms with van der Waals surface area (Å²) in [5.74, 6) is 1.53. The lowest BCUT2D eigenvalue weighted by atomic mass is 10.1. The summed E-state index contributed by atoms with van der Waals surface area (Å²) in [6.45, 7) is 0.278. The van der Waals surface area contributed by atoms with Crippen LogP contribution in [0.15, 0.2) is 42.7 Å². The van der Waals surface area contributed by atoms with Crippen LogP contribution in [0.3, 0.4) is 0 Å². The lowest BCUT2D eigenvalue weighted by Gasteiger charge is -1.98. The molecule has 0 aliphatic carbocycles. The standard InChI is InChI=1S/C14H11N3O2/c15-10-2-4-14-16-11(7-17(14)6-10)9-1-3-12-13(5-9)19-8-18-12/h1-7H,8,15H2. The molecule has 3 aromatic rings. The van der Waals surface area contributed by atoms with E-state index in [1.54, 1.807) is 0 Å². The van der Waals surface area contributed by atoms with Crippen molar-refractivity contribution >= 4 is 11.3 Å². The van der Waals surface area contributed by atoms with Gasteiger partial charge in [-0.1, -0.05) is 0 Å². The minimum atomic E-state index is 0.278. The summed E-state index contributed by atoms with van der Waals surface area (Å²) in [7, 11) is 0. The Kier molecular flexibility index (Phi) is 1.97. The van der Waals surface area contributed by atoms with Gasteiger partial charge in [-0.25, -0.2) is 4.98 Å². The van der Waals surface area contributed by atoms with Gasteiger partial charge in [0.1, 0.15) is 5.65 Å². The van der Waals surface area contributed by atoms with E-state index in [1.807, 2.05) is 47.1 Å². The summed E-state index contributed by atoms with van der Waals surface area (Å²) in [6, 6.07) is 9.54. The maximum atomic E-state index is 5.76. The van der Waals surface area contributed by atoms with Crippen molar-refractivity contribution in [2.75, 3.05) is 12.5 Å². The molecular formula is C14H11N3O2. The largest absolute Gasteiger partial charge is 0.454 e. The van der Waals surface area contributed by atoms with Crippen molar-refractivity contribution < 1.29 is 9.47 Å². The van der Waals surface area contributed by atoms with Crippen LogP contribution >= 0.6 is 0 Å². The number of hydrogen-bond donors (Lipinski definition) is 1. The highest BCUT2D eigenvalue weighted by molar-refractivity contribution is 5.67. The quantitative estimate of drug-likeness (QED) is 0.723. The highest BCUT2D eigenvalue weighted by Gasteiger charge is 2.15. The average molecular weight is 253 g/mol. The van der Waals surface area contributed by atoms with Crippen molar-refractivity contribution in [2.24, 2.45) is 0 Å². The Morgan fingerprint density at radius 3 is 2.89 bits per heavy atom. The van der Waals surface area contributed by atoms with E-state index in [1.165, 1.54) is 0 Å². The molecule has 0 saturated heterocycles. The van der Waals surface area contributed by atoms with Crippen molar-refractivity contribution in [1.29, 1.82) is 0 Å². The molecule has 0 amide bonds. The summed E-state index contributed by atoms with van der Waals surface area (Å²) in [5, 5.41) is 0. The number of anilines is 1. The van der Waals surface area contributed by atoms with E-state index in [4.69, 9.17) is 15.2 Å². The Morgan fingerprint density at radius 1 is 1.05 bits per heavy atom. The molecule has 0 atom stereocenters. The van der Waals surface area contributed by atoms with Crippen LogP contribution < -0.4 is 15.2 Å². The summed E-state index contributed by atoms with van der Waals surface area (Å²) in [4.78, 5) is 4.56. The number of ether oxygens (including phenoxy) is 2. The lowest BCUT2D eigenvalue weighted by Crippen LogP contribution is -1.92. The predicted octanol–water partition coefficient (Wildman–Crippen LogP) is 2.31. The van der Waals surface area contributed by atoms with Crippen LogP contribution in [-0.4, -0.2) is 16.2 Å². The number of imidazole rings is 1. The topological polar surface area (TPSA) is 61.8 Å². The molecule has 2 aromatic heterocycles. The fraction of sp³-hybridized carbons (Fsp3) is 0.0714. The highest BCUT2D eigenvalue weighted by atomic mass is 16.7. The lowest BCUT2D eigenvalue weighted by molar-refractivity contribution is 0.174. The number of rotatable bonds is 1.